The molecule has 1 N–H and O–H groups in total. The van der Waals surface area contributed by atoms with Crippen molar-refractivity contribution in [3.63, 3.8) is 0 Å². The van der Waals surface area contributed by atoms with Gasteiger partial charge in [0.05, 0.1) is 4.90 Å². The fourth-order valence-electron chi connectivity index (χ4n) is 1.87. The molecular weight excluding hydrogens is 314 g/mol. The lowest BCUT2D eigenvalue weighted by molar-refractivity contribution is 0.601. The van der Waals surface area contributed by atoms with Crippen LogP contribution in [0, 0.1) is 0 Å². The average Bonchev–Trinajstić information content (AvgIpc) is 2.82. The summed E-state index contributed by atoms with van der Waals surface area (Å²) in [5, 5.41) is 4.82. The molecule has 2 aromatic carbocycles. The number of anilines is 1. The van der Waals surface area contributed by atoms with Gasteiger partial charge < -0.3 is 0 Å². The van der Waals surface area contributed by atoms with Crippen LogP contribution < -0.4 is 4.72 Å². The molecule has 0 saturated carbocycles. The molecule has 0 unspecified atom stereocenters. The summed E-state index contributed by atoms with van der Waals surface area (Å²) in [6.45, 7) is 0. The molecule has 0 fully saturated rings. The Kier molecular flexibility index (Phi) is 3.41. The summed E-state index contributed by atoms with van der Waals surface area (Å²) in [6, 6.07) is 13.7. The Morgan fingerprint density at radius 3 is 2.55 bits per heavy atom. The summed E-state index contributed by atoms with van der Waals surface area (Å²) in [6.07, 6.45) is 0. The maximum absolute atomic E-state index is 12.3. The normalized spacial score (nSPS) is 11.7. The standard InChI is InChI=1S/C14H10ClNO2S2/c15-11-7-6-10-9-19-14(13(10)8-11)16-20(17,18)12-4-2-1-3-5-12/h1-9,16H. The molecule has 0 aliphatic heterocycles. The third-order valence-electron chi connectivity index (χ3n) is 2.84. The minimum Gasteiger partial charge on any atom is -0.270 e. The van der Waals surface area contributed by atoms with E-state index in [0.29, 0.717) is 10.0 Å². The van der Waals surface area contributed by atoms with Gasteiger partial charge in [-0.25, -0.2) is 8.42 Å². The van der Waals surface area contributed by atoms with Gasteiger partial charge in [-0.1, -0.05) is 35.9 Å². The third-order valence-corrected chi connectivity index (χ3v) is 5.50. The number of halogens is 1. The van der Waals surface area contributed by atoms with E-state index in [1.54, 1.807) is 42.5 Å². The molecule has 3 rings (SSSR count). The fraction of sp³-hybridized carbons (Fsp3) is 0. The topological polar surface area (TPSA) is 46.2 Å². The van der Waals surface area contributed by atoms with Gasteiger partial charge in [-0.15, -0.1) is 11.3 Å². The zero-order chi connectivity index (χ0) is 14.2. The molecule has 1 aromatic heterocycles. The highest BCUT2D eigenvalue weighted by molar-refractivity contribution is 7.93. The molecule has 0 spiro atoms. The van der Waals surface area contributed by atoms with Gasteiger partial charge >= 0.3 is 0 Å². The molecule has 0 amide bonds. The van der Waals surface area contributed by atoms with E-state index in [1.165, 1.54) is 11.3 Å². The van der Waals surface area contributed by atoms with Gasteiger partial charge in [0.2, 0.25) is 0 Å². The van der Waals surface area contributed by atoms with Gasteiger partial charge in [-0.2, -0.15) is 0 Å². The van der Waals surface area contributed by atoms with E-state index in [2.05, 4.69) is 4.72 Å². The van der Waals surface area contributed by atoms with Crippen molar-refractivity contribution >= 4 is 48.7 Å². The maximum atomic E-state index is 12.3. The Morgan fingerprint density at radius 2 is 1.80 bits per heavy atom. The van der Waals surface area contributed by atoms with Crippen molar-refractivity contribution in [1.82, 2.24) is 0 Å². The minimum atomic E-state index is -3.57. The second-order valence-electron chi connectivity index (χ2n) is 4.21. The Morgan fingerprint density at radius 1 is 1.05 bits per heavy atom. The van der Waals surface area contributed by atoms with E-state index in [4.69, 9.17) is 11.6 Å². The smallest absolute Gasteiger partial charge is 0.262 e. The Balaban J connectivity index is 2.03. The number of benzene rings is 2. The quantitative estimate of drug-likeness (QED) is 0.778. The van der Waals surface area contributed by atoms with Gasteiger partial charge in [-0.05, 0) is 29.7 Å². The van der Waals surface area contributed by atoms with Gasteiger partial charge in [0.1, 0.15) is 5.00 Å². The van der Waals surface area contributed by atoms with Gasteiger partial charge in [0.25, 0.3) is 10.0 Å². The van der Waals surface area contributed by atoms with Gasteiger partial charge in [0.15, 0.2) is 0 Å². The first-order chi connectivity index (χ1) is 9.56. The lowest BCUT2D eigenvalue weighted by atomic mass is 10.2. The summed E-state index contributed by atoms with van der Waals surface area (Å²) >= 11 is 7.31. The zero-order valence-corrected chi connectivity index (χ0v) is 12.6. The van der Waals surface area contributed by atoms with E-state index in [-0.39, 0.29) is 4.90 Å². The molecule has 0 bridgehead atoms. The van der Waals surface area contributed by atoms with E-state index < -0.39 is 10.0 Å². The molecule has 0 radical (unpaired) electrons. The van der Waals surface area contributed by atoms with Crippen molar-refractivity contribution in [2.24, 2.45) is 0 Å². The van der Waals surface area contributed by atoms with Crippen LogP contribution in [0.15, 0.2) is 58.8 Å². The molecule has 0 atom stereocenters. The maximum Gasteiger partial charge on any atom is 0.262 e. The first-order valence-corrected chi connectivity index (χ1v) is 8.55. The highest BCUT2D eigenvalue weighted by atomic mass is 35.5. The number of sulfonamides is 1. The van der Waals surface area contributed by atoms with Crippen LogP contribution in [0.1, 0.15) is 0 Å². The minimum absolute atomic E-state index is 0.239. The van der Waals surface area contributed by atoms with Crippen LogP contribution in [0.5, 0.6) is 0 Å². The summed E-state index contributed by atoms with van der Waals surface area (Å²) in [7, 11) is -3.57. The lowest BCUT2D eigenvalue weighted by Crippen LogP contribution is -2.11. The van der Waals surface area contributed by atoms with Gasteiger partial charge in [0, 0.05) is 15.8 Å². The molecule has 20 heavy (non-hydrogen) atoms. The predicted octanol–water partition coefficient (Wildman–Crippen LogP) is 4.36. The van der Waals surface area contributed by atoms with Crippen molar-refractivity contribution in [2.45, 2.75) is 4.90 Å². The molecular formula is C14H10ClNO2S2. The van der Waals surface area contributed by atoms with Crippen LogP contribution in [0.2, 0.25) is 5.02 Å². The highest BCUT2D eigenvalue weighted by Crippen LogP contribution is 2.34. The Bertz CT molecular complexity index is 857. The average molecular weight is 324 g/mol. The number of hydrogen-bond acceptors (Lipinski definition) is 3. The number of rotatable bonds is 3. The first kappa shape index (κ1) is 13.4. The van der Waals surface area contributed by atoms with Crippen molar-refractivity contribution in [2.75, 3.05) is 4.72 Å². The number of fused-ring (bicyclic) bond motifs is 1. The second kappa shape index (κ2) is 5.09. The largest absolute Gasteiger partial charge is 0.270 e. The third kappa shape index (κ3) is 2.52. The van der Waals surface area contributed by atoms with Crippen LogP contribution in [0.3, 0.4) is 0 Å². The highest BCUT2D eigenvalue weighted by Gasteiger charge is 2.16. The van der Waals surface area contributed by atoms with E-state index in [0.717, 1.165) is 10.8 Å². The van der Waals surface area contributed by atoms with Crippen LogP contribution >= 0.6 is 22.9 Å². The molecule has 3 nitrogen and oxygen atoms in total. The van der Waals surface area contributed by atoms with E-state index in [1.807, 2.05) is 11.4 Å². The molecule has 102 valence electrons. The number of thiophene rings is 1. The van der Waals surface area contributed by atoms with Crippen LogP contribution in [-0.2, 0) is 10.0 Å². The van der Waals surface area contributed by atoms with Crippen molar-refractivity contribution in [1.29, 1.82) is 0 Å². The second-order valence-corrected chi connectivity index (χ2v) is 7.21. The van der Waals surface area contributed by atoms with Crippen molar-refractivity contribution in [3.8, 4) is 0 Å². The Labute approximate surface area is 125 Å². The molecule has 0 aliphatic carbocycles. The monoisotopic (exact) mass is 323 g/mol. The molecule has 6 heteroatoms. The molecule has 0 aliphatic rings. The van der Waals surface area contributed by atoms with Crippen LogP contribution in [0.25, 0.3) is 10.8 Å². The van der Waals surface area contributed by atoms with Crippen molar-refractivity contribution < 1.29 is 8.42 Å². The van der Waals surface area contributed by atoms with Crippen molar-refractivity contribution in [3.05, 3.63) is 58.9 Å². The fourth-order valence-corrected chi connectivity index (χ4v) is 4.31. The predicted molar refractivity (Wildman–Crippen MR) is 84.1 cm³/mol. The summed E-state index contributed by atoms with van der Waals surface area (Å²) in [5.41, 5.74) is 0. The first-order valence-electron chi connectivity index (χ1n) is 5.81. The molecule has 0 saturated heterocycles. The summed E-state index contributed by atoms with van der Waals surface area (Å²) in [4.78, 5) is 0.239. The molecule has 1 heterocycles. The number of nitrogens with one attached hydrogen (secondary N) is 1. The Hall–Kier alpha value is -1.56. The van der Waals surface area contributed by atoms with Crippen LogP contribution in [0.4, 0.5) is 5.00 Å². The number of hydrogen-bond donors (Lipinski definition) is 1. The summed E-state index contributed by atoms with van der Waals surface area (Å²) in [5.74, 6) is 0. The zero-order valence-electron chi connectivity index (χ0n) is 10.2. The van der Waals surface area contributed by atoms with E-state index >= 15 is 0 Å². The molecule has 3 aromatic rings. The SMILES string of the molecule is O=S(=O)(Nc1scc2ccc(Cl)cc12)c1ccccc1. The van der Waals surface area contributed by atoms with Crippen LogP contribution in [-0.4, -0.2) is 8.42 Å². The lowest BCUT2D eigenvalue weighted by Gasteiger charge is -2.06. The summed E-state index contributed by atoms with van der Waals surface area (Å²) < 4.78 is 27.2. The van der Waals surface area contributed by atoms with E-state index in [9.17, 15) is 8.42 Å². The van der Waals surface area contributed by atoms with Gasteiger partial charge in [-0.3, -0.25) is 4.72 Å².